The van der Waals surface area contributed by atoms with Crippen molar-refractivity contribution in [3.63, 3.8) is 0 Å². The van der Waals surface area contributed by atoms with Crippen LogP contribution in [-0.4, -0.2) is 22.4 Å². The number of aromatic nitrogens is 2. The van der Waals surface area contributed by atoms with Gasteiger partial charge in [-0.2, -0.15) is 0 Å². The van der Waals surface area contributed by atoms with Crippen LogP contribution in [0.25, 0.3) is 20.1 Å². The molecule has 4 aromatic rings. The predicted molar refractivity (Wildman–Crippen MR) is 110 cm³/mol. The Balaban J connectivity index is 1.23. The van der Waals surface area contributed by atoms with E-state index in [2.05, 4.69) is 27.4 Å². The van der Waals surface area contributed by atoms with Crippen molar-refractivity contribution >= 4 is 50.1 Å². The molecular formula is C19H17N3OS3. The Morgan fingerprint density at radius 3 is 2.85 bits per heavy atom. The SMILES string of the molecule is O=C(Cc1csc(-c2cccs2)n1)NCCCc1nc2ccccc2s1. The second-order valence-electron chi connectivity index (χ2n) is 5.83. The number of thiazole rings is 2. The van der Waals surface area contributed by atoms with Gasteiger partial charge in [0.2, 0.25) is 5.91 Å². The lowest BCUT2D eigenvalue weighted by Gasteiger charge is -2.02. The standard InChI is InChI=1S/C19H17N3OS3/c23-17(11-13-12-25-19(21-13)16-7-4-10-24-16)20-9-3-8-18-22-14-5-1-2-6-15(14)26-18/h1-2,4-7,10,12H,3,8-9,11H2,(H,20,23). The lowest BCUT2D eigenvalue weighted by atomic mass is 10.3. The number of nitrogens with zero attached hydrogens (tertiary/aromatic N) is 2. The molecule has 4 rings (SSSR count). The van der Waals surface area contributed by atoms with Crippen LogP contribution in [0.2, 0.25) is 0 Å². The molecule has 0 spiro atoms. The van der Waals surface area contributed by atoms with Crippen molar-refractivity contribution in [3.8, 4) is 9.88 Å². The van der Waals surface area contributed by atoms with Crippen LogP contribution < -0.4 is 5.32 Å². The van der Waals surface area contributed by atoms with Gasteiger partial charge in [-0.05, 0) is 30.0 Å². The topological polar surface area (TPSA) is 54.9 Å². The fraction of sp³-hybridized carbons (Fsp3) is 0.211. The first-order valence-electron chi connectivity index (χ1n) is 8.37. The van der Waals surface area contributed by atoms with Crippen LogP contribution in [0.3, 0.4) is 0 Å². The zero-order valence-electron chi connectivity index (χ0n) is 14.0. The summed E-state index contributed by atoms with van der Waals surface area (Å²) < 4.78 is 1.22. The minimum absolute atomic E-state index is 0.0253. The molecule has 0 aliphatic heterocycles. The van der Waals surface area contributed by atoms with Crippen LogP contribution >= 0.6 is 34.0 Å². The highest BCUT2D eigenvalue weighted by molar-refractivity contribution is 7.20. The van der Waals surface area contributed by atoms with Gasteiger partial charge in [-0.25, -0.2) is 9.97 Å². The lowest BCUT2D eigenvalue weighted by molar-refractivity contribution is -0.120. The summed E-state index contributed by atoms with van der Waals surface area (Å²) in [6.45, 7) is 0.663. The molecule has 0 fully saturated rings. The van der Waals surface area contributed by atoms with E-state index in [0.29, 0.717) is 13.0 Å². The van der Waals surface area contributed by atoms with Gasteiger partial charge in [0, 0.05) is 18.3 Å². The van der Waals surface area contributed by atoms with Gasteiger partial charge in [0.05, 0.1) is 32.2 Å². The zero-order valence-corrected chi connectivity index (χ0v) is 16.4. The number of amides is 1. The van der Waals surface area contributed by atoms with Crippen molar-refractivity contribution < 1.29 is 4.79 Å². The van der Waals surface area contributed by atoms with Gasteiger partial charge in [0.25, 0.3) is 0 Å². The molecule has 0 bridgehead atoms. The van der Waals surface area contributed by atoms with Crippen LogP contribution in [0.15, 0.2) is 47.2 Å². The first-order chi connectivity index (χ1) is 12.8. The third-order valence-corrected chi connectivity index (χ3v) is 6.88. The number of hydrogen-bond acceptors (Lipinski definition) is 6. The minimum Gasteiger partial charge on any atom is -0.356 e. The molecule has 1 amide bonds. The molecule has 0 unspecified atom stereocenters. The number of rotatable bonds is 7. The number of thiophene rings is 1. The Bertz CT molecular complexity index is 971. The molecule has 1 N–H and O–H groups in total. The van der Waals surface area contributed by atoms with Crippen LogP contribution in [0.1, 0.15) is 17.1 Å². The highest BCUT2D eigenvalue weighted by atomic mass is 32.1. The molecular weight excluding hydrogens is 382 g/mol. The summed E-state index contributed by atoms with van der Waals surface area (Å²) >= 11 is 4.98. The van der Waals surface area contributed by atoms with E-state index in [-0.39, 0.29) is 5.91 Å². The van der Waals surface area contributed by atoms with Gasteiger partial charge in [-0.3, -0.25) is 4.79 Å². The van der Waals surface area contributed by atoms with Crippen molar-refractivity contribution in [2.24, 2.45) is 0 Å². The molecule has 0 aliphatic rings. The average Bonchev–Trinajstić information content (AvgIpc) is 3.37. The largest absolute Gasteiger partial charge is 0.356 e. The van der Waals surface area contributed by atoms with Gasteiger partial charge < -0.3 is 5.32 Å². The van der Waals surface area contributed by atoms with Gasteiger partial charge in [0.1, 0.15) is 5.01 Å². The molecule has 3 aromatic heterocycles. The van der Waals surface area contributed by atoms with Gasteiger partial charge >= 0.3 is 0 Å². The van der Waals surface area contributed by atoms with E-state index in [1.54, 1.807) is 34.0 Å². The molecule has 1 aromatic carbocycles. The Morgan fingerprint density at radius 1 is 1.08 bits per heavy atom. The first-order valence-corrected chi connectivity index (χ1v) is 10.9. The van der Waals surface area contributed by atoms with Crippen molar-refractivity contribution in [2.75, 3.05) is 6.54 Å². The van der Waals surface area contributed by atoms with E-state index in [4.69, 9.17) is 0 Å². The van der Waals surface area contributed by atoms with Crippen molar-refractivity contribution in [3.05, 3.63) is 57.9 Å². The zero-order chi connectivity index (χ0) is 17.8. The van der Waals surface area contributed by atoms with Crippen molar-refractivity contribution in [1.82, 2.24) is 15.3 Å². The Kier molecular flexibility index (Phi) is 5.38. The number of fused-ring (bicyclic) bond motifs is 1. The Hall–Kier alpha value is -2.09. The molecule has 0 saturated heterocycles. The van der Waals surface area contributed by atoms with Crippen LogP contribution in [0.5, 0.6) is 0 Å². The fourth-order valence-electron chi connectivity index (χ4n) is 2.62. The van der Waals surface area contributed by atoms with Crippen LogP contribution in [0.4, 0.5) is 0 Å². The fourth-order valence-corrected chi connectivity index (χ4v) is 5.27. The Morgan fingerprint density at radius 2 is 2.00 bits per heavy atom. The third kappa shape index (κ3) is 4.17. The Labute approximate surface area is 163 Å². The lowest BCUT2D eigenvalue weighted by Crippen LogP contribution is -2.26. The number of para-hydroxylation sites is 1. The number of carbonyl (C=O) groups is 1. The molecule has 0 saturated carbocycles. The molecule has 132 valence electrons. The van der Waals surface area contributed by atoms with Crippen LogP contribution in [-0.2, 0) is 17.6 Å². The summed E-state index contributed by atoms with van der Waals surface area (Å²) in [7, 11) is 0. The van der Waals surface area contributed by atoms with E-state index in [0.717, 1.165) is 38.9 Å². The van der Waals surface area contributed by atoms with Crippen molar-refractivity contribution in [1.29, 1.82) is 0 Å². The molecule has 7 heteroatoms. The second kappa shape index (κ2) is 8.07. The molecule has 0 radical (unpaired) electrons. The number of nitrogens with one attached hydrogen (secondary N) is 1. The smallest absolute Gasteiger partial charge is 0.226 e. The van der Waals surface area contributed by atoms with Crippen molar-refractivity contribution in [2.45, 2.75) is 19.3 Å². The monoisotopic (exact) mass is 399 g/mol. The highest BCUT2D eigenvalue weighted by Crippen LogP contribution is 2.27. The second-order valence-corrected chi connectivity index (χ2v) is 8.75. The van der Waals surface area contributed by atoms with Gasteiger partial charge in [-0.1, -0.05) is 18.2 Å². The summed E-state index contributed by atoms with van der Waals surface area (Å²) in [5.41, 5.74) is 1.89. The normalized spacial score (nSPS) is 11.1. The predicted octanol–water partition coefficient (Wildman–Crippen LogP) is 4.77. The first kappa shape index (κ1) is 17.3. The maximum absolute atomic E-state index is 12.1. The average molecular weight is 400 g/mol. The number of carbonyl (C=O) groups excluding carboxylic acids is 1. The summed E-state index contributed by atoms with van der Waals surface area (Å²) in [6.07, 6.45) is 2.12. The maximum atomic E-state index is 12.1. The molecule has 0 atom stereocenters. The highest BCUT2D eigenvalue weighted by Gasteiger charge is 2.09. The summed E-state index contributed by atoms with van der Waals surface area (Å²) in [4.78, 5) is 22.4. The van der Waals surface area contributed by atoms with E-state index in [1.807, 2.05) is 35.0 Å². The van der Waals surface area contributed by atoms with E-state index in [9.17, 15) is 4.79 Å². The summed E-state index contributed by atoms with van der Waals surface area (Å²) in [6, 6.07) is 12.2. The number of aryl methyl sites for hydroxylation is 1. The molecule has 26 heavy (non-hydrogen) atoms. The van der Waals surface area contributed by atoms with Gasteiger partial charge in [-0.15, -0.1) is 34.0 Å². The number of benzene rings is 1. The van der Waals surface area contributed by atoms with E-state index in [1.165, 1.54) is 4.70 Å². The van der Waals surface area contributed by atoms with E-state index >= 15 is 0 Å². The summed E-state index contributed by atoms with van der Waals surface area (Å²) in [5.74, 6) is 0.0253. The molecule has 3 heterocycles. The molecule has 0 aliphatic carbocycles. The van der Waals surface area contributed by atoms with Crippen LogP contribution in [0, 0.1) is 0 Å². The number of hydrogen-bond donors (Lipinski definition) is 1. The van der Waals surface area contributed by atoms with Gasteiger partial charge in [0.15, 0.2) is 0 Å². The quantitative estimate of drug-likeness (QED) is 0.455. The molecule has 4 nitrogen and oxygen atoms in total. The van der Waals surface area contributed by atoms with E-state index < -0.39 is 0 Å². The summed E-state index contributed by atoms with van der Waals surface area (Å²) in [5, 5.41) is 9.10. The third-order valence-electron chi connectivity index (χ3n) is 3.85. The minimum atomic E-state index is 0.0253. The maximum Gasteiger partial charge on any atom is 0.226 e.